The molecule has 0 bridgehead atoms. The molecule has 28 heavy (non-hydrogen) atoms. The van der Waals surface area contributed by atoms with Gasteiger partial charge in [0.1, 0.15) is 0 Å². The highest BCUT2D eigenvalue weighted by atomic mass is 16.2. The van der Waals surface area contributed by atoms with Crippen LogP contribution in [0.4, 0.5) is 0 Å². The summed E-state index contributed by atoms with van der Waals surface area (Å²) in [6, 6.07) is 0. The Morgan fingerprint density at radius 1 is 1.14 bits per heavy atom. The number of carbonyl (C=O) groups excluding carboxylic acids is 3. The molecule has 8 nitrogen and oxygen atoms in total. The average Bonchev–Trinajstić information content (AvgIpc) is 3.34. The molecule has 1 atom stereocenters. The van der Waals surface area contributed by atoms with E-state index in [-0.39, 0.29) is 29.6 Å². The predicted octanol–water partition coefficient (Wildman–Crippen LogP) is 0.500. The van der Waals surface area contributed by atoms with Crippen molar-refractivity contribution in [3.8, 4) is 0 Å². The first-order valence-electron chi connectivity index (χ1n) is 10.4. The van der Waals surface area contributed by atoms with Gasteiger partial charge in [-0.25, -0.2) is 4.98 Å². The van der Waals surface area contributed by atoms with E-state index in [0.29, 0.717) is 38.9 Å². The fourth-order valence-electron chi connectivity index (χ4n) is 5.24. The summed E-state index contributed by atoms with van der Waals surface area (Å²) in [6.07, 6.45) is 6.27. The first kappa shape index (κ1) is 17.7. The van der Waals surface area contributed by atoms with Crippen LogP contribution in [0.15, 0.2) is 6.33 Å². The molecular weight excluding hydrogens is 358 g/mol. The molecule has 1 aliphatic carbocycles. The molecule has 4 heterocycles. The maximum Gasteiger partial charge on any atom is 0.227 e. The molecule has 1 saturated carbocycles. The van der Waals surface area contributed by atoms with Crippen LogP contribution >= 0.6 is 0 Å². The first-order chi connectivity index (χ1) is 13.5. The minimum atomic E-state index is -0.397. The molecule has 1 aromatic rings. The standard InChI is InChI=1S/C20H27N5O3/c1-23-11-14(10-16(23)26)18(27)24-8-5-20(6-9-24)17-15(21-12-22-17)4-7-25(20)19(28)13-2-3-13/h12-14H,2-11H2,1H3,(H,21,22). The minimum absolute atomic E-state index is 0.0430. The molecule has 0 aromatic carbocycles. The number of aromatic nitrogens is 2. The Bertz CT molecular complexity index is 822. The summed E-state index contributed by atoms with van der Waals surface area (Å²) in [7, 11) is 1.75. The summed E-state index contributed by atoms with van der Waals surface area (Å²) < 4.78 is 0. The van der Waals surface area contributed by atoms with Crippen LogP contribution in [0.5, 0.6) is 0 Å². The molecule has 2 saturated heterocycles. The molecule has 5 rings (SSSR count). The molecular formula is C20H27N5O3. The van der Waals surface area contributed by atoms with Crippen LogP contribution in [0.2, 0.25) is 0 Å². The Morgan fingerprint density at radius 2 is 1.89 bits per heavy atom. The molecule has 1 N–H and O–H groups in total. The second-order valence-corrected chi connectivity index (χ2v) is 8.78. The van der Waals surface area contributed by atoms with Gasteiger partial charge in [-0.1, -0.05) is 0 Å². The number of aromatic amines is 1. The van der Waals surface area contributed by atoms with Crippen LogP contribution in [-0.2, 0) is 26.3 Å². The molecule has 150 valence electrons. The Morgan fingerprint density at radius 3 is 2.54 bits per heavy atom. The van der Waals surface area contributed by atoms with E-state index < -0.39 is 5.54 Å². The summed E-state index contributed by atoms with van der Waals surface area (Å²) in [5.74, 6) is 0.323. The van der Waals surface area contributed by atoms with Crippen LogP contribution < -0.4 is 0 Å². The molecule has 0 radical (unpaired) electrons. The number of nitrogens with zero attached hydrogens (tertiary/aromatic N) is 4. The lowest BCUT2D eigenvalue weighted by Crippen LogP contribution is -2.59. The van der Waals surface area contributed by atoms with Crippen LogP contribution in [0.3, 0.4) is 0 Å². The highest BCUT2D eigenvalue weighted by molar-refractivity contribution is 5.89. The fourth-order valence-corrected chi connectivity index (χ4v) is 5.24. The van der Waals surface area contributed by atoms with Crippen molar-refractivity contribution >= 4 is 17.7 Å². The first-order valence-corrected chi connectivity index (χ1v) is 10.4. The summed E-state index contributed by atoms with van der Waals surface area (Å²) in [5, 5.41) is 0. The maximum absolute atomic E-state index is 13.0. The molecule has 8 heteroatoms. The van der Waals surface area contributed by atoms with E-state index in [4.69, 9.17) is 0 Å². The largest absolute Gasteiger partial charge is 0.348 e. The van der Waals surface area contributed by atoms with Gasteiger partial charge in [-0.3, -0.25) is 14.4 Å². The lowest BCUT2D eigenvalue weighted by Gasteiger charge is -2.50. The van der Waals surface area contributed by atoms with E-state index >= 15 is 0 Å². The monoisotopic (exact) mass is 385 g/mol. The smallest absolute Gasteiger partial charge is 0.227 e. The molecule has 1 unspecified atom stereocenters. The Labute approximate surface area is 164 Å². The lowest BCUT2D eigenvalue weighted by molar-refractivity contribution is -0.147. The molecule has 3 amide bonds. The number of rotatable bonds is 2. The molecule has 1 spiro atoms. The van der Waals surface area contributed by atoms with Gasteiger partial charge in [0.05, 0.1) is 23.5 Å². The van der Waals surface area contributed by atoms with E-state index in [9.17, 15) is 14.4 Å². The van der Waals surface area contributed by atoms with E-state index in [0.717, 1.165) is 37.2 Å². The number of amides is 3. The number of hydrogen-bond donors (Lipinski definition) is 1. The van der Waals surface area contributed by atoms with Crippen LogP contribution in [-0.4, -0.2) is 75.6 Å². The number of carbonyl (C=O) groups is 3. The number of nitrogens with one attached hydrogen (secondary N) is 1. The fraction of sp³-hybridized carbons (Fsp3) is 0.700. The van der Waals surface area contributed by atoms with E-state index in [1.165, 1.54) is 0 Å². The zero-order chi connectivity index (χ0) is 19.5. The van der Waals surface area contributed by atoms with Crippen molar-refractivity contribution in [2.75, 3.05) is 33.2 Å². The number of fused-ring (bicyclic) bond motifs is 2. The summed E-state index contributed by atoms with van der Waals surface area (Å²) >= 11 is 0. The van der Waals surface area contributed by atoms with Crippen LogP contribution in [0.1, 0.15) is 43.5 Å². The zero-order valence-corrected chi connectivity index (χ0v) is 16.3. The van der Waals surface area contributed by atoms with Crippen molar-refractivity contribution < 1.29 is 14.4 Å². The van der Waals surface area contributed by atoms with Crippen molar-refractivity contribution in [2.24, 2.45) is 11.8 Å². The van der Waals surface area contributed by atoms with Gasteiger partial charge in [0, 0.05) is 57.7 Å². The third kappa shape index (κ3) is 2.64. The maximum atomic E-state index is 13.0. The van der Waals surface area contributed by atoms with Gasteiger partial charge >= 0.3 is 0 Å². The summed E-state index contributed by atoms with van der Waals surface area (Å²) in [6.45, 7) is 2.44. The number of imidazole rings is 1. The average molecular weight is 385 g/mol. The van der Waals surface area contributed by atoms with E-state index in [1.807, 2.05) is 4.90 Å². The molecule has 3 aliphatic heterocycles. The van der Waals surface area contributed by atoms with E-state index in [1.54, 1.807) is 18.3 Å². The highest BCUT2D eigenvalue weighted by Gasteiger charge is 2.51. The van der Waals surface area contributed by atoms with Crippen LogP contribution in [0, 0.1) is 11.8 Å². The SMILES string of the molecule is CN1CC(C(=O)N2CCC3(CC2)c2nc[nH]c2CCN3C(=O)C2CC2)CC1=O. The van der Waals surface area contributed by atoms with Crippen molar-refractivity contribution in [3.63, 3.8) is 0 Å². The van der Waals surface area contributed by atoms with E-state index in [2.05, 4.69) is 14.9 Å². The van der Waals surface area contributed by atoms with Gasteiger partial charge in [0.2, 0.25) is 17.7 Å². The van der Waals surface area contributed by atoms with Gasteiger partial charge in [0.15, 0.2) is 0 Å². The number of piperidine rings is 1. The number of likely N-dealkylation sites (tertiary alicyclic amines) is 2. The predicted molar refractivity (Wildman–Crippen MR) is 100.0 cm³/mol. The van der Waals surface area contributed by atoms with Crippen LogP contribution in [0.25, 0.3) is 0 Å². The number of H-pyrrole nitrogens is 1. The third-order valence-corrected chi connectivity index (χ3v) is 7.05. The normalized spacial score (nSPS) is 26.7. The summed E-state index contributed by atoms with van der Waals surface area (Å²) in [4.78, 5) is 51.2. The van der Waals surface area contributed by atoms with Crippen molar-refractivity contribution in [1.29, 1.82) is 0 Å². The molecule has 4 aliphatic rings. The topological polar surface area (TPSA) is 89.6 Å². The lowest BCUT2D eigenvalue weighted by atomic mass is 9.78. The minimum Gasteiger partial charge on any atom is -0.348 e. The Hall–Kier alpha value is -2.38. The molecule has 3 fully saturated rings. The number of hydrogen-bond acceptors (Lipinski definition) is 4. The van der Waals surface area contributed by atoms with Crippen molar-refractivity contribution in [1.82, 2.24) is 24.7 Å². The second-order valence-electron chi connectivity index (χ2n) is 8.78. The quantitative estimate of drug-likeness (QED) is 0.803. The Balaban J connectivity index is 1.36. The van der Waals surface area contributed by atoms with Gasteiger partial charge in [-0.15, -0.1) is 0 Å². The zero-order valence-electron chi connectivity index (χ0n) is 16.3. The Kier molecular flexibility index (Phi) is 4.00. The van der Waals surface area contributed by atoms with Gasteiger partial charge < -0.3 is 19.7 Å². The third-order valence-electron chi connectivity index (χ3n) is 7.05. The van der Waals surface area contributed by atoms with Gasteiger partial charge in [0.25, 0.3) is 0 Å². The summed E-state index contributed by atoms with van der Waals surface area (Å²) in [5.41, 5.74) is 1.73. The van der Waals surface area contributed by atoms with Crippen molar-refractivity contribution in [3.05, 3.63) is 17.7 Å². The highest BCUT2D eigenvalue weighted by Crippen LogP contribution is 2.45. The molecule has 1 aromatic heterocycles. The van der Waals surface area contributed by atoms with Gasteiger partial charge in [-0.05, 0) is 25.7 Å². The second kappa shape index (κ2) is 6.32. The van der Waals surface area contributed by atoms with Gasteiger partial charge in [-0.2, -0.15) is 0 Å². The van der Waals surface area contributed by atoms with Crippen molar-refractivity contribution in [2.45, 2.75) is 44.1 Å².